The van der Waals surface area contributed by atoms with E-state index in [0.717, 1.165) is 24.3 Å². The van der Waals surface area contributed by atoms with Gasteiger partial charge in [0.05, 0.1) is 5.25 Å². The minimum atomic E-state index is -3.24. The lowest BCUT2D eigenvalue weighted by Gasteiger charge is -2.49. The van der Waals surface area contributed by atoms with E-state index in [1.807, 2.05) is 12.1 Å². The van der Waals surface area contributed by atoms with Crippen molar-refractivity contribution in [3.05, 3.63) is 34.9 Å². The second kappa shape index (κ2) is 11.0. The summed E-state index contributed by atoms with van der Waals surface area (Å²) in [5.74, 6) is 0.526. The number of nitrogens with one attached hydrogen (secondary N) is 2. The molecule has 1 aliphatic carbocycles. The van der Waals surface area contributed by atoms with Crippen LogP contribution in [0, 0.1) is 5.92 Å². The third kappa shape index (κ3) is 6.69. The van der Waals surface area contributed by atoms with Crippen LogP contribution in [0.2, 0.25) is 5.02 Å². The topological polar surface area (TPSA) is 75.3 Å². The summed E-state index contributed by atoms with van der Waals surface area (Å²) in [6.07, 6.45) is 5.97. The fourth-order valence-electron chi connectivity index (χ4n) is 4.13. The SMILES string of the molecule is CC(C)CC(NC(=O)CCCCNS(=O)(=O)C(C)C)C1(c2ccc(Cl)cc2)CCC1. The number of halogens is 1. The molecule has 0 heterocycles. The minimum absolute atomic E-state index is 0.0165. The van der Waals surface area contributed by atoms with E-state index in [-0.39, 0.29) is 17.4 Å². The second-order valence-electron chi connectivity index (χ2n) is 9.21. The number of sulfonamides is 1. The monoisotopic (exact) mass is 456 g/mol. The van der Waals surface area contributed by atoms with Crippen LogP contribution in [-0.4, -0.2) is 32.2 Å². The Hall–Kier alpha value is -1.11. The number of hydrogen-bond acceptors (Lipinski definition) is 3. The molecule has 0 aliphatic heterocycles. The highest BCUT2D eigenvalue weighted by Gasteiger charge is 2.46. The summed E-state index contributed by atoms with van der Waals surface area (Å²) in [6, 6.07) is 8.16. The van der Waals surface area contributed by atoms with Crippen LogP contribution >= 0.6 is 11.6 Å². The number of hydrogen-bond donors (Lipinski definition) is 2. The molecule has 5 nitrogen and oxygen atoms in total. The van der Waals surface area contributed by atoms with Crippen molar-refractivity contribution in [2.75, 3.05) is 6.54 Å². The van der Waals surface area contributed by atoms with Crippen molar-refractivity contribution in [3.8, 4) is 0 Å². The number of amides is 1. The molecule has 7 heteroatoms. The van der Waals surface area contributed by atoms with Crippen molar-refractivity contribution in [1.82, 2.24) is 10.0 Å². The predicted molar refractivity (Wildman–Crippen MR) is 124 cm³/mol. The fourth-order valence-corrected chi connectivity index (χ4v) is 5.02. The highest BCUT2D eigenvalue weighted by molar-refractivity contribution is 7.90. The van der Waals surface area contributed by atoms with E-state index in [0.29, 0.717) is 31.7 Å². The Morgan fingerprint density at radius 1 is 1.10 bits per heavy atom. The Balaban J connectivity index is 1.94. The molecule has 0 spiro atoms. The largest absolute Gasteiger partial charge is 0.352 e. The van der Waals surface area contributed by atoms with Crippen molar-refractivity contribution < 1.29 is 13.2 Å². The maximum Gasteiger partial charge on any atom is 0.220 e. The van der Waals surface area contributed by atoms with E-state index in [4.69, 9.17) is 11.6 Å². The molecule has 2 rings (SSSR count). The van der Waals surface area contributed by atoms with E-state index in [9.17, 15) is 13.2 Å². The third-order valence-electron chi connectivity index (χ3n) is 6.13. The van der Waals surface area contributed by atoms with Gasteiger partial charge in [-0.05, 0) is 69.6 Å². The number of rotatable bonds is 12. The average Bonchev–Trinajstić information content (AvgIpc) is 2.61. The van der Waals surface area contributed by atoms with Crippen LogP contribution in [0.15, 0.2) is 24.3 Å². The molecule has 2 N–H and O–H groups in total. The molecule has 1 aliphatic rings. The summed E-state index contributed by atoms with van der Waals surface area (Å²) in [7, 11) is -3.24. The number of carbonyl (C=O) groups is 1. The van der Waals surface area contributed by atoms with Gasteiger partial charge in [-0.15, -0.1) is 0 Å². The molecule has 1 aromatic carbocycles. The summed E-state index contributed by atoms with van der Waals surface area (Å²) in [5.41, 5.74) is 1.24. The van der Waals surface area contributed by atoms with Crippen LogP contribution in [0.1, 0.15) is 78.2 Å². The summed E-state index contributed by atoms with van der Waals surface area (Å²) in [5, 5.41) is 3.61. The summed E-state index contributed by atoms with van der Waals surface area (Å²) < 4.78 is 26.2. The van der Waals surface area contributed by atoms with Crippen molar-refractivity contribution in [2.45, 2.75) is 89.3 Å². The maximum absolute atomic E-state index is 12.7. The lowest BCUT2D eigenvalue weighted by molar-refractivity contribution is -0.123. The lowest BCUT2D eigenvalue weighted by atomic mass is 9.59. The molecule has 1 aromatic rings. The van der Waals surface area contributed by atoms with Gasteiger partial charge in [0.1, 0.15) is 0 Å². The standard InChI is InChI=1S/C23H37ClN2O3S/c1-17(2)16-21(23(13-7-14-23)19-9-11-20(24)12-10-19)26-22(27)8-5-6-15-25-30(28,29)18(3)4/h9-12,17-18,21,25H,5-8,13-16H2,1-4H3,(H,26,27). The van der Waals surface area contributed by atoms with E-state index in [1.165, 1.54) is 12.0 Å². The molecule has 1 fully saturated rings. The number of unbranched alkanes of at least 4 members (excludes halogenated alkanes) is 1. The van der Waals surface area contributed by atoms with Crippen molar-refractivity contribution in [1.29, 1.82) is 0 Å². The molecule has 1 saturated carbocycles. The van der Waals surface area contributed by atoms with Gasteiger partial charge in [0.15, 0.2) is 0 Å². The molecule has 0 saturated heterocycles. The molecule has 1 unspecified atom stereocenters. The summed E-state index contributed by atoms with van der Waals surface area (Å²) in [4.78, 5) is 12.7. The van der Waals surface area contributed by atoms with Crippen LogP contribution in [0.3, 0.4) is 0 Å². The number of carbonyl (C=O) groups excluding carboxylic acids is 1. The van der Waals surface area contributed by atoms with Gasteiger partial charge in [-0.1, -0.05) is 44.0 Å². The van der Waals surface area contributed by atoms with Crippen LogP contribution in [0.4, 0.5) is 0 Å². The van der Waals surface area contributed by atoms with Gasteiger partial charge in [-0.3, -0.25) is 4.79 Å². The molecule has 1 amide bonds. The molecule has 30 heavy (non-hydrogen) atoms. The van der Waals surface area contributed by atoms with Gasteiger partial charge in [0.2, 0.25) is 15.9 Å². The first kappa shape index (κ1) is 25.2. The zero-order valence-electron chi connectivity index (χ0n) is 18.7. The molecule has 170 valence electrons. The van der Waals surface area contributed by atoms with Gasteiger partial charge in [0.25, 0.3) is 0 Å². The quantitative estimate of drug-likeness (QED) is 0.444. The number of benzene rings is 1. The van der Waals surface area contributed by atoms with Crippen molar-refractivity contribution >= 4 is 27.5 Å². The molecular formula is C23H37ClN2O3S. The molecule has 0 aromatic heterocycles. The molecule has 0 bridgehead atoms. The van der Waals surface area contributed by atoms with Gasteiger partial charge < -0.3 is 5.32 Å². The fraction of sp³-hybridized carbons (Fsp3) is 0.696. The zero-order valence-corrected chi connectivity index (χ0v) is 20.3. The van der Waals surface area contributed by atoms with Gasteiger partial charge in [-0.2, -0.15) is 0 Å². The highest BCUT2D eigenvalue weighted by atomic mass is 35.5. The van der Waals surface area contributed by atoms with E-state index < -0.39 is 15.3 Å². The van der Waals surface area contributed by atoms with Crippen LogP contribution in [0.5, 0.6) is 0 Å². The van der Waals surface area contributed by atoms with Crippen LogP contribution < -0.4 is 10.0 Å². The first-order valence-corrected chi connectivity index (χ1v) is 13.0. The molecule has 0 radical (unpaired) electrons. The van der Waals surface area contributed by atoms with Crippen LogP contribution in [-0.2, 0) is 20.2 Å². The van der Waals surface area contributed by atoms with E-state index >= 15 is 0 Å². The Labute approximate surface area is 187 Å². The predicted octanol–water partition coefficient (Wildman–Crippen LogP) is 4.79. The third-order valence-corrected chi connectivity index (χ3v) is 8.23. The van der Waals surface area contributed by atoms with Gasteiger partial charge in [-0.25, -0.2) is 13.1 Å². The van der Waals surface area contributed by atoms with Gasteiger partial charge >= 0.3 is 0 Å². The lowest BCUT2D eigenvalue weighted by Crippen LogP contribution is -2.54. The average molecular weight is 457 g/mol. The van der Waals surface area contributed by atoms with Crippen LogP contribution in [0.25, 0.3) is 0 Å². The zero-order chi connectivity index (χ0) is 22.4. The summed E-state index contributed by atoms with van der Waals surface area (Å²) in [6.45, 7) is 8.06. The minimum Gasteiger partial charge on any atom is -0.352 e. The van der Waals surface area contributed by atoms with Crippen molar-refractivity contribution in [3.63, 3.8) is 0 Å². The first-order valence-electron chi connectivity index (χ1n) is 11.1. The maximum atomic E-state index is 12.7. The van der Waals surface area contributed by atoms with E-state index in [2.05, 4.69) is 36.0 Å². The van der Waals surface area contributed by atoms with Gasteiger partial charge in [0, 0.05) is 29.4 Å². The normalized spacial score (nSPS) is 17.0. The second-order valence-corrected chi connectivity index (χ2v) is 12.0. The highest BCUT2D eigenvalue weighted by Crippen LogP contribution is 2.48. The Morgan fingerprint density at radius 2 is 1.73 bits per heavy atom. The first-order chi connectivity index (χ1) is 14.1. The Kier molecular flexibility index (Phi) is 9.19. The smallest absolute Gasteiger partial charge is 0.220 e. The molecule has 1 atom stereocenters. The van der Waals surface area contributed by atoms with E-state index in [1.54, 1.807) is 13.8 Å². The Bertz CT molecular complexity index is 787. The van der Waals surface area contributed by atoms with Crippen molar-refractivity contribution in [2.24, 2.45) is 5.92 Å². The molecular weight excluding hydrogens is 420 g/mol. The summed E-state index contributed by atoms with van der Waals surface area (Å²) >= 11 is 6.09. The Morgan fingerprint density at radius 3 is 2.23 bits per heavy atom.